The highest BCUT2D eigenvalue weighted by Gasteiger charge is 2.32. The van der Waals surface area contributed by atoms with Crippen LogP contribution in [0, 0.1) is 11.7 Å². The van der Waals surface area contributed by atoms with Crippen molar-refractivity contribution < 1.29 is 22.3 Å². The second-order valence-electron chi connectivity index (χ2n) is 10.4. The van der Waals surface area contributed by atoms with Gasteiger partial charge in [0.25, 0.3) is 0 Å². The van der Waals surface area contributed by atoms with Crippen LogP contribution in [-0.2, 0) is 19.6 Å². The van der Waals surface area contributed by atoms with Gasteiger partial charge < -0.3 is 15.0 Å². The number of halogens is 1. The Morgan fingerprint density at radius 1 is 1.08 bits per heavy atom. The molecular weight excluding hydrogens is 493 g/mol. The van der Waals surface area contributed by atoms with Crippen molar-refractivity contribution in [3.8, 4) is 0 Å². The van der Waals surface area contributed by atoms with Crippen molar-refractivity contribution in [1.82, 2.24) is 14.5 Å². The van der Waals surface area contributed by atoms with Crippen LogP contribution in [0.25, 0.3) is 0 Å². The molecule has 2 fully saturated rings. The molecule has 2 aliphatic rings. The summed E-state index contributed by atoms with van der Waals surface area (Å²) in [6.45, 7) is 0.630. The first-order valence-corrected chi connectivity index (χ1v) is 14.6. The highest BCUT2D eigenvalue weighted by molar-refractivity contribution is 7.89. The summed E-state index contributed by atoms with van der Waals surface area (Å²) in [6, 6.07) is 15.5. The van der Waals surface area contributed by atoms with Gasteiger partial charge in [-0.1, -0.05) is 30.3 Å². The third-order valence-electron chi connectivity index (χ3n) is 7.50. The minimum Gasteiger partial charge on any atom is -0.367 e. The molecule has 2 aromatic carbocycles. The lowest BCUT2D eigenvalue weighted by Crippen LogP contribution is -2.45. The Bertz CT molecular complexity index is 1140. The molecule has 202 valence electrons. The van der Waals surface area contributed by atoms with Gasteiger partial charge in [-0.3, -0.25) is 4.79 Å². The van der Waals surface area contributed by atoms with Gasteiger partial charge in [-0.05, 0) is 88.4 Å². The molecule has 9 heteroatoms. The zero-order chi connectivity index (χ0) is 26.4. The zero-order valence-corrected chi connectivity index (χ0v) is 22.5. The number of ether oxygens (including phenoxy) is 1. The predicted molar refractivity (Wildman–Crippen MR) is 141 cm³/mol. The van der Waals surface area contributed by atoms with Crippen molar-refractivity contribution in [2.24, 2.45) is 5.92 Å². The number of rotatable bonds is 9. The molecule has 4 rings (SSSR count). The van der Waals surface area contributed by atoms with Crippen molar-refractivity contribution in [2.45, 2.75) is 61.6 Å². The molecule has 7 nitrogen and oxygen atoms in total. The molecule has 0 bridgehead atoms. The van der Waals surface area contributed by atoms with Crippen LogP contribution in [0.1, 0.15) is 50.1 Å². The summed E-state index contributed by atoms with van der Waals surface area (Å²) in [5.41, 5.74) is 0.988. The SMILES string of the molecule is CN(C)C(c1cccc(F)c1)C1CCC(NC(=O)COC2CCCN(S(=O)(=O)c3ccccc3)C2)CC1. The van der Waals surface area contributed by atoms with Crippen LogP contribution >= 0.6 is 0 Å². The number of hydrogen-bond acceptors (Lipinski definition) is 5. The van der Waals surface area contributed by atoms with Crippen LogP contribution in [0.3, 0.4) is 0 Å². The van der Waals surface area contributed by atoms with Crippen LogP contribution in [0.2, 0.25) is 0 Å². The van der Waals surface area contributed by atoms with E-state index in [0.29, 0.717) is 18.9 Å². The smallest absolute Gasteiger partial charge is 0.246 e. The normalized spacial score (nSPS) is 24.1. The molecule has 1 saturated heterocycles. The van der Waals surface area contributed by atoms with E-state index in [1.54, 1.807) is 42.5 Å². The minimum atomic E-state index is -3.57. The average molecular weight is 532 g/mol. The molecule has 37 heavy (non-hydrogen) atoms. The predicted octanol–water partition coefficient (Wildman–Crippen LogP) is 3.97. The Morgan fingerprint density at radius 3 is 2.49 bits per heavy atom. The average Bonchev–Trinajstić information content (AvgIpc) is 2.89. The van der Waals surface area contributed by atoms with Crippen LogP contribution in [-0.4, -0.2) is 69.5 Å². The van der Waals surface area contributed by atoms with E-state index in [0.717, 1.165) is 37.7 Å². The number of nitrogens with zero attached hydrogens (tertiary/aromatic N) is 2. The molecule has 0 aromatic heterocycles. The summed E-state index contributed by atoms with van der Waals surface area (Å²) >= 11 is 0. The van der Waals surface area contributed by atoms with Crippen molar-refractivity contribution >= 4 is 15.9 Å². The fourth-order valence-corrected chi connectivity index (χ4v) is 7.26. The van der Waals surface area contributed by atoms with Crippen LogP contribution in [0.5, 0.6) is 0 Å². The summed E-state index contributed by atoms with van der Waals surface area (Å²) < 4.78 is 47.0. The number of benzene rings is 2. The van der Waals surface area contributed by atoms with Crippen molar-refractivity contribution in [2.75, 3.05) is 33.8 Å². The number of nitrogens with one attached hydrogen (secondary N) is 1. The lowest BCUT2D eigenvalue weighted by Gasteiger charge is -2.38. The lowest BCUT2D eigenvalue weighted by atomic mass is 9.78. The van der Waals surface area contributed by atoms with Crippen LogP contribution in [0.15, 0.2) is 59.5 Å². The molecule has 2 aromatic rings. The molecule has 1 heterocycles. The summed E-state index contributed by atoms with van der Waals surface area (Å²) in [4.78, 5) is 15.0. The highest BCUT2D eigenvalue weighted by atomic mass is 32.2. The topological polar surface area (TPSA) is 79.0 Å². The maximum atomic E-state index is 13.8. The van der Waals surface area contributed by atoms with Gasteiger partial charge in [0.05, 0.1) is 11.0 Å². The molecule has 2 unspecified atom stereocenters. The third kappa shape index (κ3) is 7.16. The van der Waals surface area contributed by atoms with E-state index >= 15 is 0 Å². The van der Waals surface area contributed by atoms with Gasteiger partial charge in [-0.2, -0.15) is 4.31 Å². The van der Waals surface area contributed by atoms with Gasteiger partial charge in [0.15, 0.2) is 0 Å². The van der Waals surface area contributed by atoms with Crippen molar-refractivity contribution in [3.63, 3.8) is 0 Å². The Kier molecular flexibility index (Phi) is 9.34. The molecular formula is C28H38FN3O4S. The fourth-order valence-electron chi connectivity index (χ4n) is 5.73. The summed E-state index contributed by atoms with van der Waals surface area (Å²) in [5, 5.41) is 3.09. The Labute approximate surface area is 220 Å². The number of hydrogen-bond donors (Lipinski definition) is 1. The van der Waals surface area contributed by atoms with Crippen LogP contribution < -0.4 is 5.32 Å². The van der Waals surface area contributed by atoms with Gasteiger partial charge in [0.2, 0.25) is 15.9 Å². The number of carbonyl (C=O) groups excluding carboxylic acids is 1. The zero-order valence-electron chi connectivity index (χ0n) is 21.7. The second-order valence-corrected chi connectivity index (χ2v) is 12.3. The maximum absolute atomic E-state index is 13.8. The Balaban J connectivity index is 1.23. The first kappa shape index (κ1) is 27.7. The molecule has 1 aliphatic carbocycles. The van der Waals surface area contributed by atoms with Gasteiger partial charge in [0, 0.05) is 25.2 Å². The first-order valence-electron chi connectivity index (χ1n) is 13.1. The minimum absolute atomic E-state index is 0.0760. The summed E-state index contributed by atoms with van der Waals surface area (Å²) in [7, 11) is 0.483. The molecule has 1 N–H and O–H groups in total. The second kappa shape index (κ2) is 12.5. The van der Waals surface area contributed by atoms with Crippen LogP contribution in [0.4, 0.5) is 4.39 Å². The molecule has 1 saturated carbocycles. The van der Waals surface area contributed by atoms with Gasteiger partial charge >= 0.3 is 0 Å². The van der Waals surface area contributed by atoms with E-state index in [9.17, 15) is 17.6 Å². The van der Waals surface area contributed by atoms with E-state index < -0.39 is 10.0 Å². The van der Waals surface area contributed by atoms with E-state index in [1.807, 2.05) is 20.2 Å². The highest BCUT2D eigenvalue weighted by Crippen LogP contribution is 2.37. The quantitative estimate of drug-likeness (QED) is 0.530. The number of sulfonamides is 1. The largest absolute Gasteiger partial charge is 0.367 e. The standard InChI is InChI=1S/C28H38FN3O4S/c1-31(2)28(22-8-6-9-23(29)18-22)21-13-15-24(16-14-21)30-27(33)20-36-25-10-7-17-32(19-25)37(34,35)26-11-4-3-5-12-26/h3-6,8-9,11-12,18,21,24-25,28H,7,10,13-17,19-20H2,1-2H3,(H,30,33). The Morgan fingerprint density at radius 2 is 1.81 bits per heavy atom. The van der Waals surface area contributed by atoms with E-state index in [1.165, 1.54) is 10.4 Å². The van der Waals surface area contributed by atoms with Crippen molar-refractivity contribution in [1.29, 1.82) is 0 Å². The van der Waals surface area contributed by atoms with Gasteiger partial charge in [-0.15, -0.1) is 0 Å². The van der Waals surface area contributed by atoms with Gasteiger partial charge in [-0.25, -0.2) is 12.8 Å². The lowest BCUT2D eigenvalue weighted by molar-refractivity contribution is -0.129. The molecule has 0 radical (unpaired) electrons. The molecule has 1 amide bonds. The number of carbonyl (C=O) groups is 1. The number of piperidine rings is 1. The third-order valence-corrected chi connectivity index (χ3v) is 9.38. The molecule has 0 spiro atoms. The van der Waals surface area contributed by atoms with Crippen molar-refractivity contribution in [3.05, 3.63) is 66.0 Å². The summed E-state index contributed by atoms with van der Waals surface area (Å²) in [6.07, 6.45) is 4.73. The van der Waals surface area contributed by atoms with E-state index in [-0.39, 0.29) is 48.0 Å². The maximum Gasteiger partial charge on any atom is 0.246 e. The first-order chi connectivity index (χ1) is 17.7. The molecule has 1 aliphatic heterocycles. The number of amides is 1. The summed E-state index contributed by atoms with van der Waals surface area (Å²) in [5.74, 6) is 0.00539. The monoisotopic (exact) mass is 531 g/mol. The Hall–Kier alpha value is -2.33. The van der Waals surface area contributed by atoms with E-state index in [2.05, 4.69) is 10.2 Å². The fraction of sp³-hybridized carbons (Fsp3) is 0.536. The molecule has 2 atom stereocenters. The van der Waals surface area contributed by atoms with Gasteiger partial charge in [0.1, 0.15) is 12.4 Å². The van der Waals surface area contributed by atoms with E-state index in [4.69, 9.17) is 4.74 Å².